The molecule has 1 aromatic rings. The first-order valence-corrected chi connectivity index (χ1v) is 7.89. The standard InChI is InChI=1S/C15H18Cl2N2O3/c16-11-1-2-13(17)12(7-11)15(21)19-8-14(20)18-5-3-10-4-6-22-9-10/h1-2,7,10H,3-6,8-9H2,(H,18,20)(H,19,21)/t10-/m0/s1. The molecule has 7 heteroatoms. The van der Waals surface area contributed by atoms with E-state index in [4.69, 9.17) is 27.9 Å². The maximum atomic E-state index is 12.0. The lowest BCUT2D eigenvalue weighted by Gasteiger charge is -2.10. The predicted molar refractivity (Wildman–Crippen MR) is 85.3 cm³/mol. The van der Waals surface area contributed by atoms with E-state index in [0.29, 0.717) is 22.5 Å². The Morgan fingerprint density at radius 3 is 2.82 bits per heavy atom. The molecular weight excluding hydrogens is 327 g/mol. The number of hydrogen-bond acceptors (Lipinski definition) is 3. The van der Waals surface area contributed by atoms with Crippen molar-refractivity contribution in [2.24, 2.45) is 5.92 Å². The van der Waals surface area contributed by atoms with Crippen LogP contribution >= 0.6 is 23.2 Å². The summed E-state index contributed by atoms with van der Waals surface area (Å²) in [5.41, 5.74) is 0.255. The quantitative estimate of drug-likeness (QED) is 0.831. The third-order valence-electron chi connectivity index (χ3n) is 3.48. The lowest BCUT2D eigenvalue weighted by Crippen LogP contribution is -2.37. The monoisotopic (exact) mass is 344 g/mol. The van der Waals surface area contributed by atoms with Gasteiger partial charge in [0, 0.05) is 24.8 Å². The van der Waals surface area contributed by atoms with Gasteiger partial charge in [0.25, 0.3) is 5.91 Å². The van der Waals surface area contributed by atoms with Crippen LogP contribution in [0, 0.1) is 5.92 Å². The fourth-order valence-electron chi connectivity index (χ4n) is 2.22. The summed E-state index contributed by atoms with van der Waals surface area (Å²) < 4.78 is 5.27. The van der Waals surface area contributed by atoms with Gasteiger partial charge in [-0.3, -0.25) is 9.59 Å². The molecule has 0 radical (unpaired) electrons. The highest BCUT2D eigenvalue weighted by Crippen LogP contribution is 2.20. The summed E-state index contributed by atoms with van der Waals surface area (Å²) >= 11 is 11.8. The van der Waals surface area contributed by atoms with Crippen molar-refractivity contribution >= 4 is 35.0 Å². The van der Waals surface area contributed by atoms with E-state index in [2.05, 4.69) is 10.6 Å². The van der Waals surface area contributed by atoms with Gasteiger partial charge in [-0.1, -0.05) is 23.2 Å². The summed E-state index contributed by atoms with van der Waals surface area (Å²) in [5, 5.41) is 6.01. The molecule has 2 rings (SSSR count). The molecule has 1 atom stereocenters. The van der Waals surface area contributed by atoms with Crippen molar-refractivity contribution in [3.05, 3.63) is 33.8 Å². The normalized spacial score (nSPS) is 17.3. The summed E-state index contributed by atoms with van der Waals surface area (Å²) in [6, 6.07) is 4.61. The summed E-state index contributed by atoms with van der Waals surface area (Å²) in [4.78, 5) is 23.6. The van der Waals surface area contributed by atoms with Crippen LogP contribution in [0.4, 0.5) is 0 Å². The van der Waals surface area contributed by atoms with Gasteiger partial charge >= 0.3 is 0 Å². The molecular formula is C15H18Cl2N2O3. The Hall–Kier alpha value is -1.30. The van der Waals surface area contributed by atoms with Crippen LogP contribution in [0.15, 0.2) is 18.2 Å². The fourth-order valence-corrected chi connectivity index (χ4v) is 2.59. The SMILES string of the molecule is O=C(CNC(=O)c1cc(Cl)ccc1Cl)NCC[C@H]1CCOC1. The smallest absolute Gasteiger partial charge is 0.253 e. The minimum atomic E-state index is -0.424. The molecule has 5 nitrogen and oxygen atoms in total. The maximum Gasteiger partial charge on any atom is 0.253 e. The van der Waals surface area contributed by atoms with Crippen molar-refractivity contribution < 1.29 is 14.3 Å². The molecule has 0 spiro atoms. The molecule has 0 saturated carbocycles. The van der Waals surface area contributed by atoms with E-state index in [1.807, 2.05) is 0 Å². The highest BCUT2D eigenvalue weighted by atomic mass is 35.5. The fraction of sp³-hybridized carbons (Fsp3) is 0.467. The highest BCUT2D eigenvalue weighted by molar-refractivity contribution is 6.35. The van der Waals surface area contributed by atoms with Crippen molar-refractivity contribution in [2.75, 3.05) is 26.3 Å². The van der Waals surface area contributed by atoms with Gasteiger partial charge < -0.3 is 15.4 Å². The van der Waals surface area contributed by atoms with E-state index in [1.165, 1.54) is 6.07 Å². The summed E-state index contributed by atoms with van der Waals surface area (Å²) in [7, 11) is 0. The van der Waals surface area contributed by atoms with E-state index >= 15 is 0 Å². The van der Waals surface area contributed by atoms with Gasteiger partial charge in [0.05, 0.1) is 17.1 Å². The second-order valence-electron chi connectivity index (χ2n) is 5.18. The van der Waals surface area contributed by atoms with Gasteiger partial charge in [-0.15, -0.1) is 0 Å². The molecule has 1 heterocycles. The number of hydrogen-bond donors (Lipinski definition) is 2. The van der Waals surface area contributed by atoms with Crippen LogP contribution in [-0.2, 0) is 9.53 Å². The van der Waals surface area contributed by atoms with E-state index < -0.39 is 5.91 Å². The molecule has 0 aromatic heterocycles. The van der Waals surface area contributed by atoms with Crippen LogP contribution in [0.1, 0.15) is 23.2 Å². The lowest BCUT2D eigenvalue weighted by molar-refractivity contribution is -0.120. The second kappa shape index (κ2) is 8.36. The van der Waals surface area contributed by atoms with E-state index in [9.17, 15) is 9.59 Å². The summed E-state index contributed by atoms with van der Waals surface area (Å²) in [6.45, 7) is 2.05. The van der Waals surface area contributed by atoms with Crippen molar-refractivity contribution in [3.63, 3.8) is 0 Å². The molecule has 0 aliphatic carbocycles. The van der Waals surface area contributed by atoms with Crippen LogP contribution in [0.3, 0.4) is 0 Å². The Balaban J connectivity index is 1.71. The Kier molecular flexibility index (Phi) is 6.49. The molecule has 0 unspecified atom stereocenters. The number of nitrogens with one attached hydrogen (secondary N) is 2. The molecule has 120 valence electrons. The predicted octanol–water partition coefficient (Wildman–Crippen LogP) is 2.27. The second-order valence-corrected chi connectivity index (χ2v) is 6.02. The third kappa shape index (κ3) is 5.16. The molecule has 1 saturated heterocycles. The molecule has 1 fully saturated rings. The first-order chi connectivity index (χ1) is 10.6. The van der Waals surface area contributed by atoms with Crippen molar-refractivity contribution in [3.8, 4) is 0 Å². The van der Waals surface area contributed by atoms with Crippen LogP contribution < -0.4 is 10.6 Å². The molecule has 2 N–H and O–H groups in total. The molecule has 1 aliphatic heterocycles. The van der Waals surface area contributed by atoms with E-state index in [-0.39, 0.29) is 18.0 Å². The molecule has 2 amide bonds. The zero-order valence-corrected chi connectivity index (χ0v) is 13.5. The zero-order chi connectivity index (χ0) is 15.9. The van der Waals surface area contributed by atoms with Crippen LogP contribution in [-0.4, -0.2) is 38.1 Å². The topological polar surface area (TPSA) is 67.4 Å². The van der Waals surface area contributed by atoms with Gasteiger partial charge in [0.2, 0.25) is 5.91 Å². The van der Waals surface area contributed by atoms with Crippen molar-refractivity contribution in [1.29, 1.82) is 0 Å². The third-order valence-corrected chi connectivity index (χ3v) is 4.05. The van der Waals surface area contributed by atoms with E-state index in [1.54, 1.807) is 12.1 Å². The zero-order valence-electron chi connectivity index (χ0n) is 12.0. The van der Waals surface area contributed by atoms with Gasteiger partial charge in [-0.05, 0) is 37.0 Å². The number of carbonyl (C=O) groups excluding carboxylic acids is 2. The Morgan fingerprint density at radius 2 is 2.09 bits per heavy atom. The Bertz CT molecular complexity index is 546. The minimum absolute atomic E-state index is 0.0944. The summed E-state index contributed by atoms with van der Waals surface area (Å²) in [6.07, 6.45) is 1.93. The number of carbonyl (C=O) groups is 2. The van der Waals surface area contributed by atoms with Gasteiger partial charge in [0.15, 0.2) is 0 Å². The molecule has 22 heavy (non-hydrogen) atoms. The van der Waals surface area contributed by atoms with Crippen LogP contribution in [0.5, 0.6) is 0 Å². The number of rotatable bonds is 6. The maximum absolute atomic E-state index is 12.0. The van der Waals surface area contributed by atoms with E-state index in [0.717, 1.165) is 26.1 Å². The first kappa shape index (κ1) is 17.1. The number of amides is 2. The average Bonchev–Trinajstić information content (AvgIpc) is 3.00. The van der Waals surface area contributed by atoms with Gasteiger partial charge in [-0.2, -0.15) is 0 Å². The molecule has 0 bridgehead atoms. The van der Waals surface area contributed by atoms with Crippen molar-refractivity contribution in [1.82, 2.24) is 10.6 Å². The highest BCUT2D eigenvalue weighted by Gasteiger charge is 2.16. The molecule has 1 aromatic carbocycles. The minimum Gasteiger partial charge on any atom is -0.381 e. The van der Waals surface area contributed by atoms with Crippen molar-refractivity contribution in [2.45, 2.75) is 12.8 Å². The molecule has 1 aliphatic rings. The first-order valence-electron chi connectivity index (χ1n) is 7.14. The number of halogens is 2. The van der Waals surface area contributed by atoms with Crippen LogP contribution in [0.25, 0.3) is 0 Å². The van der Waals surface area contributed by atoms with Gasteiger partial charge in [-0.25, -0.2) is 0 Å². The largest absolute Gasteiger partial charge is 0.381 e. The Labute approximate surface area is 139 Å². The Morgan fingerprint density at radius 1 is 1.27 bits per heavy atom. The average molecular weight is 345 g/mol. The summed E-state index contributed by atoms with van der Waals surface area (Å²) in [5.74, 6) is -0.141. The lowest BCUT2D eigenvalue weighted by atomic mass is 10.1. The van der Waals surface area contributed by atoms with Gasteiger partial charge in [0.1, 0.15) is 0 Å². The number of ether oxygens (including phenoxy) is 1. The number of benzene rings is 1. The van der Waals surface area contributed by atoms with Crippen LogP contribution in [0.2, 0.25) is 10.0 Å².